The van der Waals surface area contributed by atoms with Gasteiger partial charge in [0.15, 0.2) is 0 Å². The van der Waals surface area contributed by atoms with E-state index < -0.39 is 24.0 Å². The Morgan fingerprint density at radius 2 is 1.78 bits per heavy atom. The van der Waals surface area contributed by atoms with E-state index >= 15 is 0 Å². The number of halogens is 4. The molecule has 0 heterocycles. The van der Waals surface area contributed by atoms with Crippen LogP contribution >= 0.6 is 22.6 Å². The van der Waals surface area contributed by atoms with E-state index in [-0.39, 0.29) is 5.56 Å². The molecule has 0 fully saturated rings. The first kappa shape index (κ1) is 15.3. The van der Waals surface area contributed by atoms with Crippen LogP contribution in [0, 0.1) is 3.57 Å². The number of benzene rings is 1. The topological polar surface area (TPSA) is 26.3 Å². The Morgan fingerprint density at radius 3 is 2.22 bits per heavy atom. The molecular weight excluding hydrogens is 359 g/mol. The average Bonchev–Trinajstić information content (AvgIpc) is 2.12. The summed E-state index contributed by atoms with van der Waals surface area (Å²) >= 11 is 1.74. The summed E-state index contributed by atoms with van der Waals surface area (Å²) in [6, 6.07) is 3.21. The second-order valence-corrected chi connectivity index (χ2v) is 6.10. The summed E-state index contributed by atoms with van der Waals surface area (Å²) in [7, 11) is 0. The second-order valence-electron chi connectivity index (χ2n) is 4.85. The number of esters is 1. The van der Waals surface area contributed by atoms with Crippen molar-refractivity contribution in [2.75, 3.05) is 0 Å². The lowest BCUT2D eigenvalue weighted by atomic mass is 9.79. The van der Waals surface area contributed by atoms with Gasteiger partial charge in [-0.2, -0.15) is 0 Å². The van der Waals surface area contributed by atoms with Crippen LogP contribution in [0.3, 0.4) is 0 Å². The summed E-state index contributed by atoms with van der Waals surface area (Å²) in [5, 5.41) is 0. The third-order valence-corrected chi connectivity index (χ3v) is 2.56. The second kappa shape index (κ2) is 5.10. The Morgan fingerprint density at radius 1 is 1.22 bits per heavy atom. The van der Waals surface area contributed by atoms with Gasteiger partial charge in [-0.05, 0) is 49.4 Å². The molecule has 0 atom stereocenters. The number of ether oxygens (including phenoxy) is 1. The Balaban J connectivity index is 3.11. The Kier molecular flexibility index (Phi) is 4.35. The van der Waals surface area contributed by atoms with Crippen molar-refractivity contribution >= 4 is 41.0 Å². The minimum atomic E-state index is -5.12. The SMILES string of the molecule is CC(C)(C)OC(=O)c1cc(I)cc([B-](F)(F)F)c1. The third-order valence-electron chi connectivity index (χ3n) is 1.93. The zero-order valence-electron chi connectivity index (χ0n) is 10.1. The van der Waals surface area contributed by atoms with E-state index in [0.29, 0.717) is 3.57 Å². The van der Waals surface area contributed by atoms with Crippen molar-refractivity contribution < 1.29 is 22.5 Å². The molecule has 7 heteroatoms. The van der Waals surface area contributed by atoms with Crippen molar-refractivity contribution in [2.24, 2.45) is 0 Å². The number of hydrogen-bond acceptors (Lipinski definition) is 2. The molecule has 0 bridgehead atoms. The predicted octanol–water partition coefficient (Wildman–Crippen LogP) is 3.30. The van der Waals surface area contributed by atoms with E-state index in [1.165, 1.54) is 6.07 Å². The predicted molar refractivity (Wildman–Crippen MR) is 73.0 cm³/mol. The quantitative estimate of drug-likeness (QED) is 0.453. The normalized spacial score (nSPS) is 12.4. The Hall–Kier alpha value is -0.725. The molecule has 1 aromatic carbocycles. The highest BCUT2D eigenvalue weighted by Gasteiger charge is 2.27. The third kappa shape index (κ3) is 4.51. The minimum absolute atomic E-state index is 0.0778. The highest BCUT2D eigenvalue weighted by molar-refractivity contribution is 14.1. The van der Waals surface area contributed by atoms with Gasteiger partial charge in [-0.1, -0.05) is 12.1 Å². The van der Waals surface area contributed by atoms with E-state index in [0.717, 1.165) is 12.1 Å². The molecule has 0 amide bonds. The maximum absolute atomic E-state index is 12.7. The molecule has 1 aromatic rings. The van der Waals surface area contributed by atoms with Crippen LogP contribution < -0.4 is 5.46 Å². The first-order valence-electron chi connectivity index (χ1n) is 5.23. The molecule has 0 radical (unpaired) electrons. The van der Waals surface area contributed by atoms with E-state index in [4.69, 9.17) is 4.74 Å². The van der Waals surface area contributed by atoms with Gasteiger partial charge in [0.2, 0.25) is 0 Å². The van der Waals surface area contributed by atoms with Crippen LogP contribution in [0.4, 0.5) is 12.9 Å². The van der Waals surface area contributed by atoms with E-state index in [1.807, 2.05) is 0 Å². The zero-order chi connectivity index (χ0) is 14.1. The molecule has 0 aliphatic carbocycles. The smallest absolute Gasteiger partial charge is 0.456 e. The highest BCUT2D eigenvalue weighted by atomic mass is 127. The summed E-state index contributed by atoms with van der Waals surface area (Å²) in [4.78, 5) is 11.7. The van der Waals surface area contributed by atoms with Crippen LogP contribution in [0.15, 0.2) is 18.2 Å². The van der Waals surface area contributed by atoms with Crippen LogP contribution in [-0.4, -0.2) is 18.5 Å². The van der Waals surface area contributed by atoms with Crippen LogP contribution in [0.1, 0.15) is 31.1 Å². The van der Waals surface area contributed by atoms with Gasteiger partial charge in [0.25, 0.3) is 0 Å². The van der Waals surface area contributed by atoms with Crippen LogP contribution in [0.5, 0.6) is 0 Å². The fraction of sp³-hybridized carbons (Fsp3) is 0.364. The molecule has 0 saturated heterocycles. The van der Waals surface area contributed by atoms with Crippen molar-refractivity contribution in [3.8, 4) is 0 Å². The molecule has 0 aliphatic heterocycles. The summed E-state index contributed by atoms with van der Waals surface area (Å²) in [6.45, 7) is -0.141. The van der Waals surface area contributed by atoms with Gasteiger partial charge in [0.05, 0.1) is 5.56 Å². The first-order valence-corrected chi connectivity index (χ1v) is 6.31. The van der Waals surface area contributed by atoms with E-state index in [2.05, 4.69) is 0 Å². The fourth-order valence-corrected chi connectivity index (χ4v) is 1.95. The fourth-order valence-electron chi connectivity index (χ4n) is 1.26. The molecule has 0 saturated carbocycles. The molecular formula is C11H12BF3IO2-. The molecule has 0 N–H and O–H groups in total. The molecule has 18 heavy (non-hydrogen) atoms. The van der Waals surface area contributed by atoms with E-state index in [9.17, 15) is 17.7 Å². The molecule has 0 aromatic heterocycles. The summed E-state index contributed by atoms with van der Waals surface area (Å²) in [6.07, 6.45) is 0. The lowest BCUT2D eigenvalue weighted by Crippen LogP contribution is -2.35. The van der Waals surface area contributed by atoms with Gasteiger partial charge < -0.3 is 17.7 Å². The number of carbonyl (C=O) groups excluding carboxylic acids is 1. The maximum atomic E-state index is 12.7. The molecule has 0 spiro atoms. The van der Waals surface area contributed by atoms with Crippen molar-refractivity contribution in [1.82, 2.24) is 0 Å². The van der Waals surface area contributed by atoms with Gasteiger partial charge in [0.1, 0.15) is 5.60 Å². The standard InChI is InChI=1S/C11H12BF3IO2/c1-11(2,3)18-10(17)7-4-8(12(13,14)15)6-9(16)5-7/h4-6H,1-3H3/q-1. The summed E-state index contributed by atoms with van der Waals surface area (Å²) in [5.74, 6) is -0.748. The molecule has 2 nitrogen and oxygen atoms in total. The van der Waals surface area contributed by atoms with Crippen molar-refractivity contribution in [3.63, 3.8) is 0 Å². The van der Waals surface area contributed by atoms with Gasteiger partial charge in [-0.3, -0.25) is 0 Å². The average molecular weight is 371 g/mol. The first-order chi connectivity index (χ1) is 7.99. The molecule has 100 valence electrons. The van der Waals surface area contributed by atoms with Crippen LogP contribution in [0.2, 0.25) is 0 Å². The van der Waals surface area contributed by atoms with Gasteiger partial charge in [-0.25, -0.2) is 4.79 Å². The van der Waals surface area contributed by atoms with Gasteiger partial charge >= 0.3 is 12.9 Å². The Labute approximate surface area is 117 Å². The molecule has 0 unspecified atom stereocenters. The molecule has 1 rings (SSSR count). The summed E-state index contributed by atoms with van der Waals surface area (Å²) in [5.41, 5.74) is -1.60. The largest absolute Gasteiger partial charge is 0.509 e. The van der Waals surface area contributed by atoms with Crippen LogP contribution in [-0.2, 0) is 4.74 Å². The maximum Gasteiger partial charge on any atom is 0.509 e. The zero-order valence-corrected chi connectivity index (χ0v) is 12.3. The lowest BCUT2D eigenvalue weighted by Gasteiger charge is -2.21. The lowest BCUT2D eigenvalue weighted by molar-refractivity contribution is 0.00696. The van der Waals surface area contributed by atoms with Gasteiger partial charge in [0, 0.05) is 3.57 Å². The van der Waals surface area contributed by atoms with Crippen molar-refractivity contribution in [1.29, 1.82) is 0 Å². The van der Waals surface area contributed by atoms with Crippen molar-refractivity contribution in [2.45, 2.75) is 26.4 Å². The monoisotopic (exact) mass is 371 g/mol. The molecule has 0 aliphatic rings. The number of hydrogen-bond donors (Lipinski definition) is 0. The van der Waals surface area contributed by atoms with E-state index in [1.54, 1.807) is 43.4 Å². The van der Waals surface area contributed by atoms with Gasteiger partial charge in [-0.15, -0.1) is 5.46 Å². The summed E-state index contributed by atoms with van der Waals surface area (Å²) < 4.78 is 43.4. The van der Waals surface area contributed by atoms with Crippen LogP contribution in [0.25, 0.3) is 0 Å². The van der Waals surface area contributed by atoms with Crippen molar-refractivity contribution in [3.05, 3.63) is 27.3 Å². The minimum Gasteiger partial charge on any atom is -0.456 e. The highest BCUT2D eigenvalue weighted by Crippen LogP contribution is 2.17. The number of rotatable bonds is 2. The Bertz CT molecular complexity index is 466. The number of carbonyl (C=O) groups is 1.